The van der Waals surface area contributed by atoms with E-state index in [2.05, 4.69) is 6.07 Å². The fourth-order valence-electron chi connectivity index (χ4n) is 4.30. The summed E-state index contributed by atoms with van der Waals surface area (Å²) in [5.74, 6) is -0.443. The fraction of sp³-hybridized carbons (Fsp3) is 0.333. The van der Waals surface area contributed by atoms with E-state index in [9.17, 15) is 23.6 Å². The van der Waals surface area contributed by atoms with Crippen molar-refractivity contribution >= 4 is 26.9 Å². The molecule has 172 valence electrons. The van der Waals surface area contributed by atoms with Crippen molar-refractivity contribution < 1.29 is 23.1 Å². The summed E-state index contributed by atoms with van der Waals surface area (Å²) in [7, 11) is -3.67. The lowest BCUT2D eigenvalue weighted by atomic mass is 9.97. The van der Waals surface area contributed by atoms with Crippen molar-refractivity contribution in [3.63, 3.8) is 0 Å². The normalized spacial score (nSPS) is 16.8. The summed E-state index contributed by atoms with van der Waals surface area (Å²) < 4.78 is 35.1. The summed E-state index contributed by atoms with van der Waals surface area (Å²) in [4.78, 5) is 11.6. The highest BCUT2D eigenvalue weighted by molar-refractivity contribution is 7.89. The van der Waals surface area contributed by atoms with Gasteiger partial charge in [0.1, 0.15) is 12.3 Å². The van der Waals surface area contributed by atoms with Crippen molar-refractivity contribution in [2.45, 2.75) is 43.7 Å². The van der Waals surface area contributed by atoms with Crippen LogP contribution in [-0.4, -0.2) is 47.6 Å². The Hall–Kier alpha value is -3.35. The number of nitriles is 1. The van der Waals surface area contributed by atoms with Crippen LogP contribution >= 0.6 is 0 Å². The Morgan fingerprint density at radius 1 is 1.24 bits per heavy atom. The summed E-state index contributed by atoms with van der Waals surface area (Å²) in [5, 5.41) is 19.4. The molecule has 0 aliphatic carbocycles. The largest absolute Gasteiger partial charge is 0.491 e. The quantitative estimate of drug-likeness (QED) is 0.568. The van der Waals surface area contributed by atoms with Gasteiger partial charge in [-0.25, -0.2) is 8.42 Å². The first-order valence-electron chi connectivity index (χ1n) is 10.7. The molecule has 2 heterocycles. The summed E-state index contributed by atoms with van der Waals surface area (Å²) >= 11 is 0. The second kappa shape index (κ2) is 8.89. The van der Waals surface area contributed by atoms with Crippen molar-refractivity contribution in [2.75, 3.05) is 13.1 Å². The highest BCUT2D eigenvalue weighted by Gasteiger charge is 2.34. The number of carboxylic acids is 1. The van der Waals surface area contributed by atoms with Gasteiger partial charge in [0, 0.05) is 30.6 Å². The Kier molecular flexibility index (Phi) is 6.15. The van der Waals surface area contributed by atoms with Gasteiger partial charge in [0.2, 0.25) is 10.0 Å². The van der Waals surface area contributed by atoms with Crippen LogP contribution in [0.5, 0.6) is 5.75 Å². The van der Waals surface area contributed by atoms with Gasteiger partial charge in [0.25, 0.3) is 0 Å². The van der Waals surface area contributed by atoms with Gasteiger partial charge in [-0.15, -0.1) is 0 Å². The van der Waals surface area contributed by atoms with Crippen LogP contribution in [-0.2, 0) is 21.4 Å². The molecule has 4 rings (SSSR count). The molecule has 0 saturated carbocycles. The van der Waals surface area contributed by atoms with E-state index in [1.807, 2.05) is 19.9 Å². The molecule has 1 fully saturated rings. The number of hydrogen-bond donors (Lipinski definition) is 1. The fourth-order valence-corrected chi connectivity index (χ4v) is 5.80. The molecular weight excluding hydrogens is 442 g/mol. The lowest BCUT2D eigenvalue weighted by Crippen LogP contribution is -2.28. The minimum atomic E-state index is -3.67. The molecule has 1 N–H and O–H groups in total. The number of sulfonamides is 1. The van der Waals surface area contributed by atoms with Crippen molar-refractivity contribution in [1.29, 1.82) is 5.26 Å². The van der Waals surface area contributed by atoms with Gasteiger partial charge in [-0.3, -0.25) is 4.79 Å². The van der Waals surface area contributed by atoms with Gasteiger partial charge >= 0.3 is 5.97 Å². The second-order valence-corrected chi connectivity index (χ2v) is 10.4. The highest BCUT2D eigenvalue weighted by atomic mass is 32.2. The van der Waals surface area contributed by atoms with Gasteiger partial charge in [0.15, 0.2) is 0 Å². The van der Waals surface area contributed by atoms with E-state index >= 15 is 0 Å². The maximum Gasteiger partial charge on any atom is 0.323 e. The van der Waals surface area contributed by atoms with E-state index in [1.165, 1.54) is 4.31 Å². The highest BCUT2D eigenvalue weighted by Crippen LogP contribution is 2.36. The van der Waals surface area contributed by atoms with Crippen molar-refractivity contribution in [1.82, 2.24) is 8.87 Å². The lowest BCUT2D eigenvalue weighted by molar-refractivity contribution is -0.137. The minimum Gasteiger partial charge on any atom is -0.491 e. The summed E-state index contributed by atoms with van der Waals surface area (Å²) in [6.07, 6.45) is 2.40. The topological polar surface area (TPSA) is 113 Å². The molecule has 1 saturated heterocycles. The van der Waals surface area contributed by atoms with E-state index in [0.717, 1.165) is 10.9 Å². The predicted molar refractivity (Wildman–Crippen MR) is 123 cm³/mol. The molecular formula is C24H25N3O5S. The van der Waals surface area contributed by atoms with Gasteiger partial charge in [-0.05, 0) is 62.2 Å². The van der Waals surface area contributed by atoms with Crippen molar-refractivity contribution in [3.05, 3.63) is 59.8 Å². The molecule has 1 unspecified atom stereocenters. The summed E-state index contributed by atoms with van der Waals surface area (Å²) in [5.41, 5.74) is 2.00. The first-order valence-corrected chi connectivity index (χ1v) is 12.1. The van der Waals surface area contributed by atoms with E-state index in [-0.39, 0.29) is 23.5 Å². The zero-order valence-corrected chi connectivity index (χ0v) is 19.2. The average molecular weight is 468 g/mol. The molecule has 1 aliphatic rings. The molecule has 8 nitrogen and oxygen atoms in total. The molecule has 33 heavy (non-hydrogen) atoms. The van der Waals surface area contributed by atoms with Crippen LogP contribution in [0.15, 0.2) is 53.6 Å². The number of carboxylic acid groups (broad SMARTS) is 1. The molecule has 1 aliphatic heterocycles. The zero-order chi connectivity index (χ0) is 23.8. The maximum atomic E-state index is 13.2. The molecule has 2 aromatic carbocycles. The van der Waals surface area contributed by atoms with Crippen LogP contribution in [0.3, 0.4) is 0 Å². The van der Waals surface area contributed by atoms with Crippen LogP contribution < -0.4 is 4.74 Å². The molecule has 0 radical (unpaired) electrons. The first kappa shape index (κ1) is 22.8. The van der Waals surface area contributed by atoms with E-state index in [1.54, 1.807) is 47.2 Å². The van der Waals surface area contributed by atoms with Gasteiger partial charge in [0.05, 0.1) is 28.1 Å². The Bertz CT molecular complexity index is 1340. The summed E-state index contributed by atoms with van der Waals surface area (Å²) in [6, 6.07) is 13.7. The number of ether oxygens (including phenoxy) is 1. The minimum absolute atomic E-state index is 0.000655. The average Bonchev–Trinajstić information content (AvgIpc) is 3.39. The molecule has 0 amide bonds. The van der Waals surface area contributed by atoms with Crippen molar-refractivity contribution in [2.24, 2.45) is 0 Å². The smallest absolute Gasteiger partial charge is 0.323 e. The van der Waals surface area contributed by atoms with Gasteiger partial charge in [-0.2, -0.15) is 9.57 Å². The number of nitrogens with zero attached hydrogens (tertiary/aromatic N) is 3. The number of hydrogen-bond acceptors (Lipinski definition) is 5. The van der Waals surface area contributed by atoms with Gasteiger partial charge in [-0.1, -0.05) is 6.07 Å². The molecule has 9 heteroatoms. The van der Waals surface area contributed by atoms with Gasteiger partial charge < -0.3 is 14.4 Å². The van der Waals surface area contributed by atoms with Crippen LogP contribution in [0, 0.1) is 11.3 Å². The number of aliphatic carboxylic acids is 1. The van der Waals surface area contributed by atoms with Crippen LogP contribution in [0.4, 0.5) is 0 Å². The number of benzene rings is 2. The van der Waals surface area contributed by atoms with E-state index in [0.29, 0.717) is 36.3 Å². The Labute approximate surface area is 192 Å². The van der Waals surface area contributed by atoms with E-state index < -0.39 is 16.0 Å². The summed E-state index contributed by atoms with van der Waals surface area (Å²) in [6.45, 7) is 4.26. The maximum absolute atomic E-state index is 13.2. The Morgan fingerprint density at radius 2 is 1.97 bits per heavy atom. The van der Waals surface area contributed by atoms with Crippen molar-refractivity contribution in [3.8, 4) is 11.8 Å². The third-order valence-electron chi connectivity index (χ3n) is 5.77. The third-order valence-corrected chi connectivity index (χ3v) is 7.65. The van der Waals surface area contributed by atoms with Crippen LogP contribution in [0.25, 0.3) is 10.9 Å². The van der Waals surface area contributed by atoms with Crippen LogP contribution in [0.2, 0.25) is 0 Å². The van der Waals surface area contributed by atoms with Crippen LogP contribution in [0.1, 0.15) is 37.3 Å². The second-order valence-electron chi connectivity index (χ2n) is 8.44. The lowest BCUT2D eigenvalue weighted by Gasteiger charge is -2.17. The number of rotatable bonds is 7. The molecule has 3 aromatic rings. The SMILES string of the molecule is CC(C)Oc1ccc(S(=O)(=O)N2CCC(c3cn(CC(=O)O)c4cc(C#N)ccc34)C2)cc1. The molecule has 1 aromatic heterocycles. The molecule has 0 spiro atoms. The Morgan fingerprint density at radius 3 is 2.61 bits per heavy atom. The number of carbonyl (C=O) groups is 1. The Balaban J connectivity index is 1.61. The standard InChI is InChI=1S/C24H25N3O5S/c1-16(2)32-19-4-6-20(7-5-19)33(30,31)27-10-9-18(13-27)22-14-26(15-24(28)29)23-11-17(12-25)3-8-21(22)23/h3-8,11,14,16,18H,9-10,13,15H2,1-2H3,(H,28,29). The van der Waals surface area contributed by atoms with E-state index in [4.69, 9.17) is 4.74 Å². The number of aromatic nitrogens is 1. The number of fused-ring (bicyclic) bond motifs is 1. The zero-order valence-electron chi connectivity index (χ0n) is 18.4. The third kappa shape index (κ3) is 4.58. The molecule has 0 bridgehead atoms. The predicted octanol–water partition coefficient (Wildman–Crippen LogP) is 3.56. The molecule has 1 atom stereocenters. The first-order chi connectivity index (χ1) is 15.7. The monoisotopic (exact) mass is 467 g/mol.